The number of hydrogen-bond acceptors (Lipinski definition) is 6. The van der Waals surface area contributed by atoms with Crippen molar-refractivity contribution in [1.82, 2.24) is 4.98 Å². The van der Waals surface area contributed by atoms with Crippen molar-refractivity contribution in [1.29, 1.82) is 0 Å². The van der Waals surface area contributed by atoms with Crippen LogP contribution in [0.4, 0.5) is 15.2 Å². The van der Waals surface area contributed by atoms with Gasteiger partial charge in [-0.1, -0.05) is 29.0 Å². The number of rotatable bonds is 5. The summed E-state index contributed by atoms with van der Waals surface area (Å²) in [5.74, 6) is 0.786. The molecular weight excluding hydrogens is 429 g/mol. The van der Waals surface area contributed by atoms with Crippen LogP contribution in [0.2, 0.25) is 5.02 Å². The molecule has 154 valence electrons. The SMILES string of the molecule is N[C@H](c1cnc(N(C(=O)C2CC2)c2ccc3c(c2)OCO3)s1)c1ccc(F)cc1Cl. The molecule has 0 saturated heterocycles. The van der Waals surface area contributed by atoms with E-state index in [1.165, 1.54) is 23.5 Å². The molecule has 3 aromatic rings. The second-order valence-corrected chi connectivity index (χ2v) is 8.62. The van der Waals surface area contributed by atoms with Gasteiger partial charge >= 0.3 is 0 Å². The third-order valence-corrected chi connectivity index (χ3v) is 6.46. The Labute approximate surface area is 181 Å². The van der Waals surface area contributed by atoms with Crippen molar-refractivity contribution in [3.8, 4) is 11.5 Å². The van der Waals surface area contributed by atoms with Gasteiger partial charge in [0.25, 0.3) is 0 Å². The van der Waals surface area contributed by atoms with E-state index in [9.17, 15) is 9.18 Å². The lowest BCUT2D eigenvalue weighted by Crippen LogP contribution is -2.27. The van der Waals surface area contributed by atoms with Crippen molar-refractivity contribution in [2.24, 2.45) is 11.7 Å². The maximum Gasteiger partial charge on any atom is 0.236 e. The number of halogens is 2. The zero-order valence-electron chi connectivity index (χ0n) is 15.7. The number of aromatic nitrogens is 1. The van der Waals surface area contributed by atoms with Crippen molar-refractivity contribution < 1.29 is 18.7 Å². The lowest BCUT2D eigenvalue weighted by molar-refractivity contribution is -0.119. The van der Waals surface area contributed by atoms with E-state index in [1.54, 1.807) is 29.3 Å². The average molecular weight is 446 g/mol. The lowest BCUT2D eigenvalue weighted by atomic mass is 10.1. The Morgan fingerprint density at radius 2 is 2.03 bits per heavy atom. The van der Waals surface area contributed by atoms with Crippen LogP contribution in [0.5, 0.6) is 11.5 Å². The number of hydrogen-bond donors (Lipinski definition) is 1. The van der Waals surface area contributed by atoms with Gasteiger partial charge in [0, 0.05) is 28.1 Å². The first-order valence-electron chi connectivity index (χ1n) is 9.41. The van der Waals surface area contributed by atoms with Crippen molar-refractivity contribution in [3.05, 3.63) is 63.9 Å². The summed E-state index contributed by atoms with van der Waals surface area (Å²) in [6.07, 6.45) is 3.36. The molecule has 1 aliphatic carbocycles. The fourth-order valence-electron chi connectivity index (χ4n) is 3.30. The smallest absolute Gasteiger partial charge is 0.236 e. The van der Waals surface area contributed by atoms with Gasteiger partial charge in [0.05, 0.1) is 11.7 Å². The molecule has 0 bridgehead atoms. The van der Waals surface area contributed by atoms with Crippen LogP contribution in [0, 0.1) is 11.7 Å². The van der Waals surface area contributed by atoms with Gasteiger partial charge in [-0.15, -0.1) is 0 Å². The van der Waals surface area contributed by atoms with Gasteiger partial charge in [-0.05, 0) is 42.7 Å². The van der Waals surface area contributed by atoms with Crippen LogP contribution in [0.3, 0.4) is 0 Å². The molecule has 2 N–H and O–H groups in total. The summed E-state index contributed by atoms with van der Waals surface area (Å²) in [6, 6.07) is 8.90. The van der Waals surface area contributed by atoms with E-state index in [1.807, 2.05) is 6.07 Å². The number of nitrogens with two attached hydrogens (primary N) is 1. The first kappa shape index (κ1) is 19.3. The molecule has 30 heavy (non-hydrogen) atoms. The fourth-order valence-corrected chi connectivity index (χ4v) is 4.55. The van der Waals surface area contributed by atoms with Crippen LogP contribution < -0.4 is 20.1 Å². The minimum atomic E-state index is -0.584. The van der Waals surface area contributed by atoms with Crippen LogP contribution in [-0.4, -0.2) is 17.7 Å². The molecule has 0 spiro atoms. The summed E-state index contributed by atoms with van der Waals surface area (Å²) in [5.41, 5.74) is 7.62. The first-order valence-corrected chi connectivity index (χ1v) is 10.6. The second-order valence-electron chi connectivity index (χ2n) is 7.17. The molecule has 9 heteroatoms. The summed E-state index contributed by atoms with van der Waals surface area (Å²) in [6.45, 7) is 0.157. The Kier molecular flexibility index (Phi) is 4.85. The Hall–Kier alpha value is -2.68. The highest BCUT2D eigenvalue weighted by Crippen LogP contribution is 2.43. The van der Waals surface area contributed by atoms with Crippen LogP contribution >= 0.6 is 22.9 Å². The number of anilines is 2. The largest absolute Gasteiger partial charge is 0.454 e. The molecule has 1 aromatic heterocycles. The lowest BCUT2D eigenvalue weighted by Gasteiger charge is -2.20. The number of amides is 1. The fraction of sp³-hybridized carbons (Fsp3) is 0.238. The highest BCUT2D eigenvalue weighted by molar-refractivity contribution is 7.16. The summed E-state index contributed by atoms with van der Waals surface area (Å²) < 4.78 is 24.2. The van der Waals surface area contributed by atoms with E-state index in [0.29, 0.717) is 32.8 Å². The highest BCUT2D eigenvalue weighted by Gasteiger charge is 2.36. The number of carbonyl (C=O) groups excluding carboxylic acids is 1. The number of thiazole rings is 1. The van der Waals surface area contributed by atoms with Crippen LogP contribution in [0.15, 0.2) is 42.6 Å². The summed E-state index contributed by atoms with van der Waals surface area (Å²) in [4.78, 5) is 19.9. The summed E-state index contributed by atoms with van der Waals surface area (Å²) >= 11 is 7.47. The molecule has 2 heterocycles. The molecule has 1 aliphatic heterocycles. The normalized spacial score (nSPS) is 15.8. The number of nitrogens with zero attached hydrogens (tertiary/aromatic N) is 2. The van der Waals surface area contributed by atoms with Gasteiger partial charge in [0.15, 0.2) is 16.6 Å². The number of benzene rings is 2. The van der Waals surface area contributed by atoms with Crippen LogP contribution in [0.1, 0.15) is 29.3 Å². The predicted molar refractivity (Wildman–Crippen MR) is 112 cm³/mol. The maximum atomic E-state index is 13.4. The van der Waals surface area contributed by atoms with Gasteiger partial charge in [0.1, 0.15) is 5.82 Å². The molecule has 0 radical (unpaired) electrons. The van der Waals surface area contributed by atoms with E-state index >= 15 is 0 Å². The topological polar surface area (TPSA) is 77.7 Å². The minimum Gasteiger partial charge on any atom is -0.454 e. The number of ether oxygens (including phenoxy) is 2. The molecular formula is C21H17ClFN3O3S. The van der Waals surface area contributed by atoms with Crippen LogP contribution in [-0.2, 0) is 4.79 Å². The van der Waals surface area contributed by atoms with Crippen molar-refractivity contribution in [2.75, 3.05) is 11.7 Å². The Balaban J connectivity index is 1.50. The third kappa shape index (κ3) is 3.51. The first-order chi connectivity index (χ1) is 14.5. The maximum absolute atomic E-state index is 13.4. The third-order valence-electron chi connectivity index (χ3n) is 5.07. The van der Waals surface area contributed by atoms with E-state index < -0.39 is 11.9 Å². The minimum absolute atomic E-state index is 0.0110. The van der Waals surface area contributed by atoms with Crippen molar-refractivity contribution >= 4 is 39.7 Å². The van der Waals surface area contributed by atoms with E-state index in [0.717, 1.165) is 12.8 Å². The summed E-state index contributed by atoms with van der Waals surface area (Å²) in [7, 11) is 0. The molecule has 6 nitrogen and oxygen atoms in total. The standard InChI is InChI=1S/C21H17ClFN3O3S/c22-15-7-12(23)3-5-14(15)19(24)18-9-25-21(30-18)26(20(27)11-1-2-11)13-4-6-16-17(8-13)29-10-28-16/h3-9,11,19H,1-2,10,24H2/t19-/m0/s1. The highest BCUT2D eigenvalue weighted by atomic mass is 35.5. The van der Waals surface area contributed by atoms with Crippen molar-refractivity contribution in [3.63, 3.8) is 0 Å². The predicted octanol–water partition coefficient (Wildman–Crippen LogP) is 4.79. The quantitative estimate of drug-likeness (QED) is 0.611. The van der Waals surface area contributed by atoms with Gasteiger partial charge in [-0.2, -0.15) is 0 Å². The number of fused-ring (bicyclic) bond motifs is 1. The Morgan fingerprint density at radius 1 is 1.23 bits per heavy atom. The van der Waals surface area contributed by atoms with Gasteiger partial charge < -0.3 is 15.2 Å². The van der Waals surface area contributed by atoms with Crippen LogP contribution in [0.25, 0.3) is 0 Å². The molecule has 5 rings (SSSR count). The molecule has 1 atom stereocenters. The second kappa shape index (κ2) is 7.54. The Bertz CT molecular complexity index is 1130. The van der Waals surface area contributed by atoms with Crippen molar-refractivity contribution in [2.45, 2.75) is 18.9 Å². The molecule has 2 aliphatic rings. The molecule has 1 fully saturated rings. The Morgan fingerprint density at radius 3 is 2.80 bits per heavy atom. The average Bonchev–Trinajstić information content (AvgIpc) is 3.28. The number of carbonyl (C=O) groups is 1. The van der Waals surface area contributed by atoms with Gasteiger partial charge in [0.2, 0.25) is 12.7 Å². The monoisotopic (exact) mass is 445 g/mol. The van der Waals surface area contributed by atoms with E-state index in [4.69, 9.17) is 26.8 Å². The summed E-state index contributed by atoms with van der Waals surface area (Å²) in [5, 5.41) is 0.758. The molecule has 1 amide bonds. The molecule has 2 aromatic carbocycles. The van der Waals surface area contributed by atoms with Gasteiger partial charge in [-0.3, -0.25) is 9.69 Å². The zero-order valence-corrected chi connectivity index (χ0v) is 17.3. The molecule has 1 saturated carbocycles. The zero-order chi connectivity index (χ0) is 20.8. The molecule has 0 unspecified atom stereocenters. The van der Waals surface area contributed by atoms with E-state index in [2.05, 4.69) is 4.98 Å². The van der Waals surface area contributed by atoms with E-state index in [-0.39, 0.29) is 23.6 Å². The van der Waals surface area contributed by atoms with Gasteiger partial charge in [-0.25, -0.2) is 9.37 Å².